The van der Waals surface area contributed by atoms with Crippen molar-refractivity contribution < 1.29 is 4.74 Å². The van der Waals surface area contributed by atoms with Crippen molar-refractivity contribution in [2.75, 3.05) is 24.6 Å². The lowest BCUT2D eigenvalue weighted by Crippen LogP contribution is -2.46. The zero-order valence-corrected chi connectivity index (χ0v) is 14.6. The van der Waals surface area contributed by atoms with Gasteiger partial charge >= 0.3 is 0 Å². The van der Waals surface area contributed by atoms with Gasteiger partial charge < -0.3 is 9.64 Å². The number of aromatic nitrogens is 2. The number of piperidine rings is 1. The highest BCUT2D eigenvalue weighted by Crippen LogP contribution is 2.31. The summed E-state index contributed by atoms with van der Waals surface area (Å²) in [4.78, 5) is 11.6. The van der Waals surface area contributed by atoms with Crippen LogP contribution in [-0.4, -0.2) is 35.8 Å². The maximum atomic E-state index is 5.91. The first-order valence-electron chi connectivity index (χ1n) is 8.74. The Hall–Kier alpha value is -1.59. The summed E-state index contributed by atoms with van der Waals surface area (Å²) in [7, 11) is 0. The highest BCUT2D eigenvalue weighted by Gasteiger charge is 2.32. The number of fused-ring (bicyclic) bond motifs is 1. The normalized spacial score (nSPS) is 23.8. The number of rotatable bonds is 4. The molecule has 3 heterocycles. The third-order valence-electron chi connectivity index (χ3n) is 4.87. The fourth-order valence-corrected chi connectivity index (χ4v) is 4.39. The molecule has 2 aliphatic rings. The number of hydrogen-bond acceptors (Lipinski definition) is 5. The molecule has 2 unspecified atom stereocenters. The smallest absolute Gasteiger partial charge is 0.148 e. The van der Waals surface area contributed by atoms with Crippen molar-refractivity contribution in [3.63, 3.8) is 0 Å². The molecule has 0 N–H and O–H groups in total. The maximum absolute atomic E-state index is 5.91. The second-order valence-corrected chi connectivity index (χ2v) is 7.53. The minimum absolute atomic E-state index is 0.457. The van der Waals surface area contributed by atoms with Gasteiger partial charge in [0.1, 0.15) is 10.8 Å². The summed E-state index contributed by atoms with van der Waals surface area (Å²) < 4.78 is 5.91. The molecule has 0 bridgehead atoms. The number of nitrogens with zero attached hydrogens (tertiary/aromatic N) is 3. The van der Waals surface area contributed by atoms with E-state index < -0.39 is 0 Å². The largest absolute Gasteiger partial charge is 0.378 e. The molecule has 0 aliphatic carbocycles. The highest BCUT2D eigenvalue weighted by molar-refractivity contribution is 7.98. The summed E-state index contributed by atoms with van der Waals surface area (Å²) in [6.07, 6.45) is 7.79. The molecule has 0 saturated carbocycles. The molecule has 24 heavy (non-hydrogen) atoms. The van der Waals surface area contributed by atoms with Crippen LogP contribution in [0.15, 0.2) is 47.8 Å². The standard InChI is InChI=1S/C19H23N3OS/c1-2-5-15(6-3-1)14-24-19-12-20-11-18(21-19)22-9-8-17-16(13-22)7-4-10-23-17/h1-3,5-6,11-12,16-17H,4,7-10,13-14H2. The molecule has 0 radical (unpaired) electrons. The molecule has 126 valence electrons. The topological polar surface area (TPSA) is 38.2 Å². The van der Waals surface area contributed by atoms with Crippen LogP contribution in [-0.2, 0) is 10.5 Å². The fraction of sp³-hybridized carbons (Fsp3) is 0.474. The zero-order valence-electron chi connectivity index (χ0n) is 13.8. The Morgan fingerprint density at radius 2 is 2.08 bits per heavy atom. The average molecular weight is 341 g/mol. The van der Waals surface area contributed by atoms with Crippen LogP contribution in [0.25, 0.3) is 0 Å². The van der Waals surface area contributed by atoms with Crippen molar-refractivity contribution in [1.82, 2.24) is 9.97 Å². The molecule has 1 aromatic heterocycles. The Labute approximate surface area is 147 Å². The third-order valence-corrected chi connectivity index (χ3v) is 5.84. The van der Waals surface area contributed by atoms with Gasteiger partial charge in [0.05, 0.1) is 18.5 Å². The lowest BCUT2D eigenvalue weighted by molar-refractivity contribution is -0.0358. The number of benzene rings is 1. The van der Waals surface area contributed by atoms with E-state index in [-0.39, 0.29) is 0 Å². The van der Waals surface area contributed by atoms with Crippen LogP contribution in [0.5, 0.6) is 0 Å². The molecule has 0 spiro atoms. The molecule has 2 aliphatic heterocycles. The first-order chi connectivity index (χ1) is 11.9. The van der Waals surface area contributed by atoms with Crippen LogP contribution in [0, 0.1) is 5.92 Å². The molecule has 4 rings (SSSR count). The molecular formula is C19H23N3OS. The van der Waals surface area contributed by atoms with Gasteiger partial charge in [-0.2, -0.15) is 0 Å². The van der Waals surface area contributed by atoms with Crippen molar-refractivity contribution >= 4 is 17.6 Å². The molecule has 0 amide bonds. The van der Waals surface area contributed by atoms with Crippen LogP contribution in [0.4, 0.5) is 5.82 Å². The van der Waals surface area contributed by atoms with Crippen LogP contribution in [0.3, 0.4) is 0 Å². The van der Waals surface area contributed by atoms with E-state index in [1.807, 2.05) is 18.5 Å². The molecule has 2 saturated heterocycles. The predicted molar refractivity (Wildman–Crippen MR) is 97.3 cm³/mol. The van der Waals surface area contributed by atoms with Crippen LogP contribution >= 0.6 is 11.8 Å². The number of hydrogen-bond donors (Lipinski definition) is 0. The van der Waals surface area contributed by atoms with E-state index in [4.69, 9.17) is 9.72 Å². The van der Waals surface area contributed by atoms with Crippen molar-refractivity contribution in [3.05, 3.63) is 48.3 Å². The molecule has 4 nitrogen and oxygen atoms in total. The van der Waals surface area contributed by atoms with Crippen molar-refractivity contribution in [1.29, 1.82) is 0 Å². The van der Waals surface area contributed by atoms with Crippen LogP contribution in [0.2, 0.25) is 0 Å². The predicted octanol–water partition coefficient (Wildman–Crippen LogP) is 3.77. The Kier molecular flexibility index (Phi) is 4.99. The summed E-state index contributed by atoms with van der Waals surface area (Å²) in [6, 6.07) is 10.5. The van der Waals surface area contributed by atoms with E-state index in [1.54, 1.807) is 11.8 Å². The van der Waals surface area contributed by atoms with E-state index in [0.717, 1.165) is 42.7 Å². The average Bonchev–Trinajstić information content (AvgIpc) is 2.67. The fourth-order valence-electron chi connectivity index (χ4n) is 3.59. The summed E-state index contributed by atoms with van der Waals surface area (Å²) in [6.45, 7) is 3.00. The summed E-state index contributed by atoms with van der Waals surface area (Å²) in [5, 5.41) is 0.998. The monoisotopic (exact) mass is 341 g/mol. The van der Waals surface area contributed by atoms with Gasteiger partial charge in [-0.05, 0) is 24.8 Å². The molecular weight excluding hydrogens is 318 g/mol. The first kappa shape index (κ1) is 15.9. The molecule has 2 aromatic rings. The van der Waals surface area contributed by atoms with Gasteiger partial charge in [0.2, 0.25) is 0 Å². The Morgan fingerprint density at radius 1 is 1.17 bits per heavy atom. The van der Waals surface area contributed by atoms with Gasteiger partial charge in [0.25, 0.3) is 0 Å². The van der Waals surface area contributed by atoms with Crippen molar-refractivity contribution in [2.24, 2.45) is 5.92 Å². The quantitative estimate of drug-likeness (QED) is 0.792. The minimum atomic E-state index is 0.457. The van der Waals surface area contributed by atoms with E-state index in [2.05, 4.69) is 34.1 Å². The van der Waals surface area contributed by atoms with Crippen molar-refractivity contribution in [2.45, 2.75) is 36.1 Å². The third kappa shape index (κ3) is 3.73. The summed E-state index contributed by atoms with van der Waals surface area (Å²) in [5.74, 6) is 2.59. The van der Waals surface area contributed by atoms with Gasteiger partial charge in [-0.1, -0.05) is 30.3 Å². The van der Waals surface area contributed by atoms with E-state index in [9.17, 15) is 0 Å². The molecule has 2 fully saturated rings. The lowest BCUT2D eigenvalue weighted by atomic mass is 9.88. The van der Waals surface area contributed by atoms with E-state index >= 15 is 0 Å². The Bertz CT molecular complexity index is 667. The van der Waals surface area contributed by atoms with Gasteiger partial charge in [0, 0.05) is 31.4 Å². The van der Waals surface area contributed by atoms with Gasteiger partial charge in [-0.3, -0.25) is 4.98 Å². The van der Waals surface area contributed by atoms with Crippen molar-refractivity contribution in [3.8, 4) is 0 Å². The maximum Gasteiger partial charge on any atom is 0.148 e. The number of anilines is 1. The molecule has 2 atom stereocenters. The summed E-state index contributed by atoms with van der Waals surface area (Å²) in [5.41, 5.74) is 1.31. The SMILES string of the molecule is c1ccc(CSc2cncc(N3CCC4OCCCC4C3)n2)cc1. The zero-order chi connectivity index (χ0) is 16.2. The van der Waals surface area contributed by atoms with E-state index in [0.29, 0.717) is 12.0 Å². The second-order valence-electron chi connectivity index (χ2n) is 6.54. The molecule has 5 heteroatoms. The number of ether oxygens (including phenoxy) is 1. The highest BCUT2D eigenvalue weighted by atomic mass is 32.2. The number of thioether (sulfide) groups is 1. The second kappa shape index (κ2) is 7.53. The van der Waals surface area contributed by atoms with Gasteiger partial charge in [-0.15, -0.1) is 11.8 Å². The van der Waals surface area contributed by atoms with Crippen LogP contribution in [0.1, 0.15) is 24.8 Å². The van der Waals surface area contributed by atoms with E-state index in [1.165, 1.54) is 18.4 Å². The first-order valence-corrected chi connectivity index (χ1v) is 9.72. The van der Waals surface area contributed by atoms with Gasteiger partial charge in [-0.25, -0.2) is 4.98 Å². The van der Waals surface area contributed by atoms with Gasteiger partial charge in [0.15, 0.2) is 0 Å². The summed E-state index contributed by atoms with van der Waals surface area (Å²) >= 11 is 1.75. The lowest BCUT2D eigenvalue weighted by Gasteiger charge is -2.41. The minimum Gasteiger partial charge on any atom is -0.378 e. The Balaban J connectivity index is 1.41. The Morgan fingerprint density at radius 3 is 3.00 bits per heavy atom. The molecule has 1 aromatic carbocycles. The van der Waals surface area contributed by atoms with Crippen LogP contribution < -0.4 is 4.90 Å².